The predicted octanol–water partition coefficient (Wildman–Crippen LogP) is 2.80. The maximum atomic E-state index is 10.4. The van der Waals surface area contributed by atoms with E-state index in [1.54, 1.807) is 12.1 Å². The van der Waals surface area contributed by atoms with Crippen LogP contribution >= 0.6 is 0 Å². The summed E-state index contributed by atoms with van der Waals surface area (Å²) in [6, 6.07) is 7.32. The third-order valence-electron chi connectivity index (χ3n) is 4.64. The van der Waals surface area contributed by atoms with Crippen molar-refractivity contribution in [1.82, 2.24) is 0 Å². The number of aliphatic carboxylic acids is 1. The molecule has 24 heavy (non-hydrogen) atoms. The molecule has 1 aliphatic carbocycles. The molecule has 1 saturated heterocycles. The van der Waals surface area contributed by atoms with Gasteiger partial charge in [-0.25, -0.2) is 4.79 Å². The lowest BCUT2D eigenvalue weighted by Crippen LogP contribution is -2.38. The van der Waals surface area contributed by atoms with E-state index in [1.165, 1.54) is 0 Å². The molecule has 1 spiro atoms. The van der Waals surface area contributed by atoms with Gasteiger partial charge >= 0.3 is 5.97 Å². The fourth-order valence-corrected chi connectivity index (χ4v) is 3.08. The van der Waals surface area contributed by atoms with Crippen LogP contribution < -0.4 is 0 Å². The summed E-state index contributed by atoms with van der Waals surface area (Å²) >= 11 is 0. The SMILES string of the molecule is CC1(C#Cc2ccc(C#CC(=O)O)cc2)CCC2(CC1)OCCO2. The van der Waals surface area contributed by atoms with Crippen molar-refractivity contribution in [2.24, 2.45) is 5.41 Å². The number of ether oxygens (including phenoxy) is 2. The zero-order valence-electron chi connectivity index (χ0n) is 13.7. The van der Waals surface area contributed by atoms with Gasteiger partial charge in [0, 0.05) is 35.3 Å². The maximum Gasteiger partial charge on any atom is 0.382 e. The van der Waals surface area contributed by atoms with Crippen LogP contribution in [0.25, 0.3) is 0 Å². The molecule has 0 amide bonds. The van der Waals surface area contributed by atoms with Crippen molar-refractivity contribution in [3.05, 3.63) is 35.4 Å². The molecule has 0 bridgehead atoms. The Morgan fingerprint density at radius 1 is 1.00 bits per heavy atom. The zero-order valence-corrected chi connectivity index (χ0v) is 13.7. The van der Waals surface area contributed by atoms with Crippen molar-refractivity contribution >= 4 is 5.97 Å². The first kappa shape index (κ1) is 16.6. The standard InChI is InChI=1S/C20H20O4/c1-19(10-12-20(13-11-19)23-14-15-24-20)9-8-17-4-2-16(3-5-17)6-7-18(21)22/h2-5H,10-15H2,1H3,(H,21,22). The molecule has 0 radical (unpaired) electrons. The molecule has 1 aromatic carbocycles. The Balaban J connectivity index is 1.64. The van der Waals surface area contributed by atoms with Crippen molar-refractivity contribution in [3.8, 4) is 23.7 Å². The maximum absolute atomic E-state index is 10.4. The van der Waals surface area contributed by atoms with Gasteiger partial charge in [0.2, 0.25) is 0 Å². The summed E-state index contributed by atoms with van der Waals surface area (Å²) in [6.07, 6.45) is 3.70. The smallest absolute Gasteiger partial charge is 0.382 e. The third-order valence-corrected chi connectivity index (χ3v) is 4.64. The summed E-state index contributed by atoms with van der Waals surface area (Å²) in [7, 11) is 0. The van der Waals surface area contributed by atoms with Crippen molar-refractivity contribution in [1.29, 1.82) is 0 Å². The van der Waals surface area contributed by atoms with Gasteiger partial charge in [-0.15, -0.1) is 0 Å². The topological polar surface area (TPSA) is 55.8 Å². The predicted molar refractivity (Wildman–Crippen MR) is 89.0 cm³/mol. The van der Waals surface area contributed by atoms with Gasteiger partial charge in [-0.05, 0) is 44.0 Å². The van der Waals surface area contributed by atoms with E-state index in [9.17, 15) is 4.79 Å². The molecule has 1 saturated carbocycles. The van der Waals surface area contributed by atoms with Crippen LogP contribution in [-0.4, -0.2) is 30.1 Å². The monoisotopic (exact) mass is 324 g/mol. The summed E-state index contributed by atoms with van der Waals surface area (Å²) in [6.45, 7) is 3.58. The fourth-order valence-electron chi connectivity index (χ4n) is 3.08. The molecule has 1 N–H and O–H groups in total. The van der Waals surface area contributed by atoms with Crippen LogP contribution in [0.4, 0.5) is 0 Å². The van der Waals surface area contributed by atoms with Crippen molar-refractivity contribution in [2.75, 3.05) is 13.2 Å². The van der Waals surface area contributed by atoms with Gasteiger partial charge in [-0.1, -0.05) is 17.8 Å². The minimum atomic E-state index is -1.13. The van der Waals surface area contributed by atoms with E-state index in [0.29, 0.717) is 18.8 Å². The van der Waals surface area contributed by atoms with E-state index >= 15 is 0 Å². The second-order valence-electron chi connectivity index (χ2n) is 6.55. The molecule has 2 fully saturated rings. The van der Waals surface area contributed by atoms with Crippen molar-refractivity contribution in [2.45, 2.75) is 38.4 Å². The molecule has 1 heterocycles. The van der Waals surface area contributed by atoms with Crippen molar-refractivity contribution in [3.63, 3.8) is 0 Å². The van der Waals surface area contributed by atoms with E-state index in [4.69, 9.17) is 14.6 Å². The minimum Gasteiger partial charge on any atom is -0.472 e. The van der Waals surface area contributed by atoms with Crippen LogP contribution in [0.3, 0.4) is 0 Å². The number of hydrogen-bond donors (Lipinski definition) is 1. The molecule has 1 aliphatic heterocycles. The normalized spacial score (nSPS) is 20.5. The highest BCUT2D eigenvalue weighted by Crippen LogP contribution is 2.44. The van der Waals surface area contributed by atoms with E-state index in [-0.39, 0.29) is 11.2 Å². The molecular weight excluding hydrogens is 304 g/mol. The first-order chi connectivity index (χ1) is 11.5. The van der Waals surface area contributed by atoms with E-state index in [2.05, 4.69) is 30.6 Å². The van der Waals surface area contributed by atoms with Gasteiger partial charge in [0.25, 0.3) is 0 Å². The van der Waals surface area contributed by atoms with Gasteiger partial charge in [0.15, 0.2) is 5.79 Å². The Morgan fingerprint density at radius 3 is 2.08 bits per heavy atom. The number of carboxylic acids is 1. The van der Waals surface area contributed by atoms with E-state index in [1.807, 2.05) is 12.1 Å². The quantitative estimate of drug-likeness (QED) is 0.746. The van der Waals surface area contributed by atoms with Gasteiger partial charge in [0.05, 0.1) is 13.2 Å². The second-order valence-corrected chi connectivity index (χ2v) is 6.55. The highest BCUT2D eigenvalue weighted by molar-refractivity contribution is 5.87. The first-order valence-electron chi connectivity index (χ1n) is 8.15. The Bertz CT molecular complexity index is 724. The highest BCUT2D eigenvalue weighted by Gasteiger charge is 2.43. The average molecular weight is 324 g/mol. The molecule has 124 valence electrons. The number of benzene rings is 1. The number of rotatable bonds is 0. The molecule has 4 nitrogen and oxygen atoms in total. The van der Waals surface area contributed by atoms with Crippen LogP contribution in [0, 0.1) is 29.1 Å². The third kappa shape index (κ3) is 3.97. The summed E-state index contributed by atoms with van der Waals surface area (Å²) in [5.74, 6) is 9.83. The summed E-state index contributed by atoms with van der Waals surface area (Å²) in [4.78, 5) is 10.4. The van der Waals surface area contributed by atoms with Crippen LogP contribution in [0.2, 0.25) is 0 Å². The lowest BCUT2D eigenvalue weighted by atomic mass is 9.74. The fraction of sp³-hybridized carbons (Fsp3) is 0.450. The Kier molecular flexibility index (Phi) is 4.62. The lowest BCUT2D eigenvalue weighted by molar-refractivity contribution is -0.186. The molecule has 4 heteroatoms. The van der Waals surface area contributed by atoms with Gasteiger partial charge in [-0.3, -0.25) is 0 Å². The van der Waals surface area contributed by atoms with Crippen LogP contribution in [0.5, 0.6) is 0 Å². The highest BCUT2D eigenvalue weighted by atomic mass is 16.7. The Hall–Kier alpha value is -2.27. The van der Waals surface area contributed by atoms with Gasteiger partial charge in [0.1, 0.15) is 0 Å². The van der Waals surface area contributed by atoms with Crippen molar-refractivity contribution < 1.29 is 19.4 Å². The molecule has 0 atom stereocenters. The number of carboxylic acid groups (broad SMARTS) is 1. The van der Waals surface area contributed by atoms with Crippen LogP contribution in [0.15, 0.2) is 24.3 Å². The first-order valence-corrected chi connectivity index (χ1v) is 8.15. The van der Waals surface area contributed by atoms with E-state index < -0.39 is 5.97 Å². The summed E-state index contributed by atoms with van der Waals surface area (Å²) in [5, 5.41) is 8.55. The van der Waals surface area contributed by atoms with Crippen LogP contribution in [0.1, 0.15) is 43.7 Å². The Morgan fingerprint density at radius 2 is 1.54 bits per heavy atom. The molecule has 2 aliphatic rings. The van der Waals surface area contributed by atoms with Crippen LogP contribution in [-0.2, 0) is 14.3 Å². The number of hydrogen-bond acceptors (Lipinski definition) is 3. The molecule has 3 rings (SSSR count). The lowest BCUT2D eigenvalue weighted by Gasteiger charge is -2.38. The minimum absolute atomic E-state index is 0.0255. The second kappa shape index (κ2) is 6.69. The molecule has 0 aromatic heterocycles. The largest absolute Gasteiger partial charge is 0.472 e. The zero-order chi connectivity index (χ0) is 17.0. The van der Waals surface area contributed by atoms with Gasteiger partial charge < -0.3 is 14.6 Å². The molecular formula is C20H20O4. The number of carbonyl (C=O) groups is 1. The average Bonchev–Trinajstić information content (AvgIpc) is 3.04. The van der Waals surface area contributed by atoms with E-state index in [0.717, 1.165) is 31.2 Å². The summed E-state index contributed by atoms with van der Waals surface area (Å²) in [5.41, 5.74) is 1.55. The molecule has 0 unspecified atom stereocenters. The summed E-state index contributed by atoms with van der Waals surface area (Å²) < 4.78 is 11.5. The Labute approximate surface area is 142 Å². The van der Waals surface area contributed by atoms with Gasteiger partial charge in [-0.2, -0.15) is 0 Å². The molecule has 1 aromatic rings.